The second-order valence-corrected chi connectivity index (χ2v) is 10.9. The fraction of sp³-hybridized carbons (Fsp3) is 0.500. The van der Waals surface area contributed by atoms with Gasteiger partial charge in [-0.05, 0) is 54.7 Å². The second-order valence-electron chi connectivity index (χ2n) is 9.24. The third-order valence-electron chi connectivity index (χ3n) is 6.62. The van der Waals surface area contributed by atoms with Gasteiger partial charge in [0.15, 0.2) is 11.5 Å². The maximum Gasteiger partial charge on any atom is 0.156 e. The molecule has 1 aliphatic rings. The molecule has 2 unspecified atom stereocenters. The van der Waals surface area contributed by atoms with Crippen LogP contribution in [0.15, 0.2) is 24.3 Å². The lowest BCUT2D eigenvalue weighted by Gasteiger charge is -2.39. The van der Waals surface area contributed by atoms with Crippen molar-refractivity contribution in [1.82, 2.24) is 0 Å². The minimum atomic E-state index is -0.881. The maximum absolute atomic E-state index is 10.1. The molecule has 2 aromatic rings. The average Bonchev–Trinajstić information content (AvgIpc) is 2.87. The largest absolute Gasteiger partial charge is 0.488 e. The molecule has 202 valence electrons. The lowest BCUT2D eigenvalue weighted by Crippen LogP contribution is -2.31. The molecule has 1 saturated carbocycles. The minimum absolute atomic E-state index is 0.0409. The Morgan fingerprint density at radius 1 is 0.811 bits per heavy atom. The van der Waals surface area contributed by atoms with Gasteiger partial charge in [0.1, 0.15) is 25.9 Å². The Bertz CT molecular complexity index is 1050. The summed E-state index contributed by atoms with van der Waals surface area (Å²) in [6.07, 6.45) is 9.14. The molecule has 0 spiro atoms. The number of rotatable bonds is 12. The van der Waals surface area contributed by atoms with E-state index >= 15 is 0 Å². The van der Waals surface area contributed by atoms with Crippen molar-refractivity contribution in [3.05, 3.63) is 55.5 Å². The van der Waals surface area contributed by atoms with Crippen LogP contribution in [0.4, 0.5) is 0 Å². The summed E-state index contributed by atoms with van der Waals surface area (Å²) in [4.78, 5) is 0. The van der Waals surface area contributed by atoms with E-state index in [1.54, 1.807) is 0 Å². The predicted molar refractivity (Wildman–Crippen MR) is 150 cm³/mol. The Morgan fingerprint density at radius 2 is 1.27 bits per heavy atom. The number of hydrogen-bond donors (Lipinski definition) is 2. The first-order valence-electron chi connectivity index (χ1n) is 12.3. The van der Waals surface area contributed by atoms with Gasteiger partial charge in [-0.25, -0.2) is 0 Å². The lowest BCUT2D eigenvalue weighted by molar-refractivity contribution is 0.0229. The van der Waals surface area contributed by atoms with E-state index in [0.717, 1.165) is 43.2 Å². The topological polar surface area (TPSA) is 68.2 Å². The monoisotopic (exact) mass is 588 g/mol. The number of halogens is 4. The van der Waals surface area contributed by atoms with Gasteiger partial charge in [0.25, 0.3) is 0 Å². The average molecular weight is 590 g/mol. The molecule has 5 nitrogen and oxygen atoms in total. The van der Waals surface area contributed by atoms with Crippen LogP contribution in [-0.2, 0) is 10.2 Å². The highest BCUT2D eigenvalue weighted by atomic mass is 35.5. The Morgan fingerprint density at radius 3 is 1.70 bits per heavy atom. The van der Waals surface area contributed by atoms with Crippen LogP contribution < -0.4 is 9.47 Å². The molecule has 0 bridgehead atoms. The van der Waals surface area contributed by atoms with Gasteiger partial charge in [0.05, 0.1) is 32.8 Å². The Labute approximate surface area is 238 Å². The molecule has 0 heterocycles. The van der Waals surface area contributed by atoms with Crippen LogP contribution in [-0.4, -0.2) is 48.8 Å². The van der Waals surface area contributed by atoms with Gasteiger partial charge in [-0.2, -0.15) is 0 Å². The molecule has 3 rings (SSSR count). The van der Waals surface area contributed by atoms with Crippen LogP contribution in [0.5, 0.6) is 11.5 Å². The smallest absolute Gasteiger partial charge is 0.156 e. The van der Waals surface area contributed by atoms with Crippen LogP contribution >= 0.6 is 46.4 Å². The summed E-state index contributed by atoms with van der Waals surface area (Å²) >= 11 is 26.5. The van der Waals surface area contributed by atoms with E-state index in [0.29, 0.717) is 38.0 Å². The zero-order valence-corrected chi connectivity index (χ0v) is 23.8. The first-order valence-corrected chi connectivity index (χ1v) is 13.8. The summed E-state index contributed by atoms with van der Waals surface area (Å²) < 4.78 is 16.6. The van der Waals surface area contributed by atoms with E-state index in [1.165, 1.54) is 0 Å². The third kappa shape index (κ3) is 7.61. The molecular formula is C28H32Cl4O5. The van der Waals surface area contributed by atoms with E-state index in [4.69, 9.17) is 67.0 Å². The molecule has 2 atom stereocenters. The Balaban J connectivity index is 1.90. The summed E-state index contributed by atoms with van der Waals surface area (Å²) in [6.45, 7) is 2.08. The van der Waals surface area contributed by atoms with Crippen LogP contribution in [0.3, 0.4) is 0 Å². The van der Waals surface area contributed by atoms with Crippen molar-refractivity contribution < 1.29 is 24.4 Å². The van der Waals surface area contributed by atoms with Gasteiger partial charge < -0.3 is 24.4 Å². The first kappa shape index (κ1) is 30.2. The molecule has 0 aliphatic heterocycles. The first-order chi connectivity index (χ1) is 17.7. The molecule has 0 aromatic heterocycles. The molecule has 0 saturated heterocycles. The summed E-state index contributed by atoms with van der Waals surface area (Å²) in [6, 6.07) is 7.48. The predicted octanol–water partition coefficient (Wildman–Crippen LogP) is 7.09. The minimum Gasteiger partial charge on any atom is -0.488 e. The van der Waals surface area contributed by atoms with Crippen molar-refractivity contribution in [1.29, 1.82) is 0 Å². The molecular weight excluding hydrogens is 558 g/mol. The fourth-order valence-electron chi connectivity index (χ4n) is 4.63. The molecule has 0 amide bonds. The third-order valence-corrected chi connectivity index (χ3v) is 7.74. The maximum atomic E-state index is 10.1. The van der Waals surface area contributed by atoms with Gasteiger partial charge in [-0.1, -0.05) is 78.5 Å². The quantitative estimate of drug-likeness (QED) is 0.204. The van der Waals surface area contributed by atoms with Crippen LogP contribution in [0.2, 0.25) is 20.1 Å². The van der Waals surface area contributed by atoms with Crippen molar-refractivity contribution in [3.63, 3.8) is 0 Å². The van der Waals surface area contributed by atoms with Gasteiger partial charge >= 0.3 is 0 Å². The molecule has 9 heteroatoms. The van der Waals surface area contributed by atoms with Gasteiger partial charge in [0.2, 0.25) is 0 Å². The van der Waals surface area contributed by atoms with Crippen molar-refractivity contribution >= 4 is 46.4 Å². The number of aliphatic hydroxyl groups excluding tert-OH is 2. The van der Waals surface area contributed by atoms with Crippen molar-refractivity contribution in [2.24, 2.45) is 0 Å². The molecule has 1 fully saturated rings. The normalized spacial score (nSPS) is 16.6. The molecule has 0 radical (unpaired) electrons. The number of hydrogen-bond acceptors (Lipinski definition) is 5. The molecule has 2 aromatic carbocycles. The highest BCUT2D eigenvalue weighted by molar-refractivity contribution is 6.38. The number of terminal acetylenes is 1. The fourth-order valence-corrected chi connectivity index (χ4v) is 5.82. The summed E-state index contributed by atoms with van der Waals surface area (Å²) in [5.74, 6) is 2.99. The van der Waals surface area contributed by atoms with E-state index in [9.17, 15) is 10.2 Å². The standard InChI is InChI=1S/C28H32Cl4O5/c1-3-10-35-15-21(34)17-37-27-24(31)13-19(14-25(27)32)28(8-6-5-7-9-28)18-11-22(29)26(23(30)12-18)36-16-20(33)4-2/h1,11-14,20-21,33-34H,4-10,15-17H2,2H3. The zero-order chi connectivity index (χ0) is 27.0. The van der Waals surface area contributed by atoms with Crippen LogP contribution in [0.1, 0.15) is 56.6 Å². The van der Waals surface area contributed by atoms with Crippen molar-refractivity contribution in [2.45, 2.75) is 63.1 Å². The SMILES string of the molecule is C#CCOCC(O)COc1c(Cl)cc(C2(c3cc(Cl)c(OCC(O)CC)c(Cl)c3)CCCCC2)cc1Cl. The highest BCUT2D eigenvalue weighted by Crippen LogP contribution is 2.50. The number of ether oxygens (including phenoxy) is 3. The van der Waals surface area contributed by atoms with E-state index in [2.05, 4.69) is 5.92 Å². The summed E-state index contributed by atoms with van der Waals surface area (Å²) in [5.41, 5.74) is 1.49. The van der Waals surface area contributed by atoms with Crippen LogP contribution in [0.25, 0.3) is 0 Å². The van der Waals surface area contributed by atoms with E-state index in [-0.39, 0.29) is 26.4 Å². The Kier molecular flexibility index (Phi) is 11.5. The Hall–Kier alpha value is -1.36. The number of aliphatic hydroxyl groups is 2. The summed E-state index contributed by atoms with van der Waals surface area (Å²) in [7, 11) is 0. The van der Waals surface area contributed by atoms with E-state index < -0.39 is 17.6 Å². The van der Waals surface area contributed by atoms with Crippen molar-refractivity contribution in [3.8, 4) is 23.8 Å². The van der Waals surface area contributed by atoms with Gasteiger partial charge in [-0.15, -0.1) is 6.42 Å². The number of benzene rings is 2. The lowest BCUT2D eigenvalue weighted by atomic mass is 9.65. The molecule has 37 heavy (non-hydrogen) atoms. The highest BCUT2D eigenvalue weighted by Gasteiger charge is 2.38. The van der Waals surface area contributed by atoms with Crippen LogP contribution in [0, 0.1) is 12.3 Å². The van der Waals surface area contributed by atoms with Gasteiger partial charge in [0, 0.05) is 5.41 Å². The second kappa shape index (κ2) is 14.1. The zero-order valence-electron chi connectivity index (χ0n) is 20.7. The molecule has 2 N–H and O–H groups in total. The summed E-state index contributed by atoms with van der Waals surface area (Å²) in [5, 5.41) is 21.4. The van der Waals surface area contributed by atoms with Gasteiger partial charge in [-0.3, -0.25) is 0 Å². The molecule has 1 aliphatic carbocycles. The van der Waals surface area contributed by atoms with E-state index in [1.807, 2.05) is 31.2 Å². The van der Waals surface area contributed by atoms with Crippen molar-refractivity contribution in [2.75, 3.05) is 26.4 Å².